The molecule has 2 aromatic carbocycles. The van der Waals surface area contributed by atoms with E-state index in [1.54, 1.807) is 0 Å². The molecule has 0 aromatic heterocycles. The lowest BCUT2D eigenvalue weighted by Crippen LogP contribution is -1.96. The molecule has 0 N–H and O–H groups in total. The van der Waals surface area contributed by atoms with Gasteiger partial charge in [0.05, 0.1) is 39.6 Å². The van der Waals surface area contributed by atoms with Crippen molar-refractivity contribution in [2.45, 2.75) is 40.9 Å². The second-order valence-corrected chi connectivity index (χ2v) is 8.50. The zero-order valence-electron chi connectivity index (χ0n) is 18.2. The molecule has 166 valence electrons. The van der Waals surface area contributed by atoms with E-state index in [4.69, 9.17) is 27.1 Å². The normalized spacial score (nSPS) is 11.5. The lowest BCUT2D eigenvalue weighted by atomic mass is 10.0. The highest BCUT2D eigenvalue weighted by Crippen LogP contribution is 2.41. The Bertz CT molecular complexity index is 622. The average molecular weight is 454 g/mol. The Morgan fingerprint density at radius 2 is 0.767 bits per heavy atom. The Hall–Kier alpha value is -0.940. The van der Waals surface area contributed by atoms with Crippen LogP contribution < -0.4 is 0 Å². The summed E-state index contributed by atoms with van der Waals surface area (Å²) in [6.07, 6.45) is 0. The van der Waals surface area contributed by atoms with Crippen molar-refractivity contribution in [3.8, 4) is 11.1 Å². The van der Waals surface area contributed by atoms with Gasteiger partial charge >= 0.3 is 17.2 Å². The molecule has 0 atom stereocenters. The summed E-state index contributed by atoms with van der Waals surface area (Å²) in [4.78, 5) is 0. The van der Waals surface area contributed by atoms with Gasteiger partial charge in [0.15, 0.2) is 0 Å². The van der Waals surface area contributed by atoms with Gasteiger partial charge in [-0.1, -0.05) is 48.5 Å². The van der Waals surface area contributed by atoms with Gasteiger partial charge in [-0.3, -0.25) is 0 Å². The van der Waals surface area contributed by atoms with E-state index in [9.17, 15) is 0 Å². The minimum atomic E-state index is -1.28. The molecule has 0 aliphatic rings. The lowest BCUT2D eigenvalue weighted by molar-refractivity contribution is 0.164. The van der Waals surface area contributed by atoms with Crippen LogP contribution >= 0.6 is 17.2 Å². The molecular weight excluding hydrogens is 422 g/mol. The summed E-state index contributed by atoms with van der Waals surface area (Å²) in [7, 11) is -2.56. The summed E-state index contributed by atoms with van der Waals surface area (Å²) in [6.45, 7) is 10.9. The van der Waals surface area contributed by atoms with E-state index in [1.165, 1.54) is 0 Å². The fraction of sp³-hybridized carbons (Fsp3) is 0.455. The van der Waals surface area contributed by atoms with Crippen molar-refractivity contribution in [3.63, 3.8) is 0 Å². The molecule has 0 amide bonds. The molecule has 8 heteroatoms. The van der Waals surface area contributed by atoms with Gasteiger partial charge in [0.25, 0.3) is 0 Å². The van der Waals surface area contributed by atoms with Crippen molar-refractivity contribution >= 4 is 17.2 Å². The van der Waals surface area contributed by atoms with Crippen LogP contribution in [0, 0.1) is 0 Å². The quantitative estimate of drug-likeness (QED) is 0.271. The molecule has 0 heterocycles. The zero-order valence-corrected chi connectivity index (χ0v) is 20.0. The predicted octanol–water partition coefficient (Wildman–Crippen LogP) is 6.99. The standard InChI is InChI=1S/C22H32O6P2/c1-5-23-29(24-6-2)27-17-19-9-13-21(14-10-19)22-15-11-20(12-16-22)18-28-30(25-7-3)26-8-4/h9-16H,5-8,17-18H2,1-4H3. The maximum Gasteiger partial charge on any atom is 0.332 e. The van der Waals surface area contributed by atoms with Crippen LogP contribution in [0.25, 0.3) is 11.1 Å². The molecule has 0 aliphatic carbocycles. The van der Waals surface area contributed by atoms with Gasteiger partial charge < -0.3 is 27.1 Å². The van der Waals surface area contributed by atoms with Crippen LogP contribution in [0.5, 0.6) is 0 Å². The first-order chi connectivity index (χ1) is 14.7. The van der Waals surface area contributed by atoms with Gasteiger partial charge in [-0.25, -0.2) is 0 Å². The smallest absolute Gasteiger partial charge is 0.313 e. The van der Waals surface area contributed by atoms with E-state index >= 15 is 0 Å². The first kappa shape index (κ1) is 25.3. The minimum Gasteiger partial charge on any atom is -0.313 e. The first-order valence-electron chi connectivity index (χ1n) is 10.3. The van der Waals surface area contributed by atoms with E-state index in [0.29, 0.717) is 39.6 Å². The molecule has 30 heavy (non-hydrogen) atoms. The van der Waals surface area contributed by atoms with Gasteiger partial charge in [-0.15, -0.1) is 0 Å². The van der Waals surface area contributed by atoms with Crippen molar-refractivity contribution in [1.82, 2.24) is 0 Å². The molecule has 2 rings (SSSR count). The molecule has 0 radical (unpaired) electrons. The average Bonchev–Trinajstić information content (AvgIpc) is 2.77. The Morgan fingerprint density at radius 1 is 0.467 bits per heavy atom. The fourth-order valence-corrected chi connectivity index (χ4v) is 4.29. The number of benzene rings is 2. The van der Waals surface area contributed by atoms with Gasteiger partial charge in [0.2, 0.25) is 0 Å². The van der Waals surface area contributed by atoms with E-state index in [2.05, 4.69) is 48.5 Å². The van der Waals surface area contributed by atoms with Crippen molar-refractivity contribution in [1.29, 1.82) is 0 Å². The Labute approximate surface area is 182 Å². The topological polar surface area (TPSA) is 55.4 Å². The van der Waals surface area contributed by atoms with Crippen LogP contribution in [-0.2, 0) is 40.4 Å². The van der Waals surface area contributed by atoms with Crippen LogP contribution in [0.15, 0.2) is 48.5 Å². The van der Waals surface area contributed by atoms with Gasteiger partial charge in [-0.05, 0) is 49.9 Å². The SMILES string of the molecule is CCOP(OCC)OCc1ccc(-c2ccc(COP(OCC)OCC)cc2)cc1. The van der Waals surface area contributed by atoms with E-state index in [0.717, 1.165) is 22.3 Å². The second kappa shape index (κ2) is 15.0. The van der Waals surface area contributed by atoms with E-state index in [-0.39, 0.29) is 0 Å². The number of hydrogen-bond donors (Lipinski definition) is 0. The van der Waals surface area contributed by atoms with Crippen LogP contribution in [0.1, 0.15) is 38.8 Å². The molecule has 0 saturated heterocycles. The highest BCUT2D eigenvalue weighted by atomic mass is 31.2. The predicted molar refractivity (Wildman–Crippen MR) is 122 cm³/mol. The van der Waals surface area contributed by atoms with Gasteiger partial charge in [0.1, 0.15) is 0 Å². The lowest BCUT2D eigenvalue weighted by Gasteiger charge is -2.15. The van der Waals surface area contributed by atoms with Crippen molar-refractivity contribution in [2.75, 3.05) is 26.4 Å². The van der Waals surface area contributed by atoms with Crippen molar-refractivity contribution in [3.05, 3.63) is 59.7 Å². The maximum atomic E-state index is 5.74. The second-order valence-electron chi connectivity index (χ2n) is 6.06. The van der Waals surface area contributed by atoms with Gasteiger partial charge in [0, 0.05) is 0 Å². The fourth-order valence-electron chi connectivity index (χ4n) is 2.49. The minimum absolute atomic E-state index is 0.463. The van der Waals surface area contributed by atoms with Gasteiger partial charge in [-0.2, -0.15) is 0 Å². The molecule has 0 spiro atoms. The third-order valence-electron chi connectivity index (χ3n) is 3.85. The van der Waals surface area contributed by atoms with Crippen LogP contribution in [0.2, 0.25) is 0 Å². The monoisotopic (exact) mass is 454 g/mol. The summed E-state index contributed by atoms with van der Waals surface area (Å²) in [5.41, 5.74) is 4.45. The summed E-state index contributed by atoms with van der Waals surface area (Å²) in [5.74, 6) is 0. The highest BCUT2D eigenvalue weighted by molar-refractivity contribution is 7.41. The molecule has 0 saturated carbocycles. The Kier molecular flexibility index (Phi) is 12.6. The first-order valence-corrected chi connectivity index (χ1v) is 12.4. The van der Waals surface area contributed by atoms with Crippen LogP contribution in [-0.4, -0.2) is 26.4 Å². The highest BCUT2D eigenvalue weighted by Gasteiger charge is 2.12. The van der Waals surface area contributed by atoms with Crippen LogP contribution in [0.3, 0.4) is 0 Å². The molecule has 6 nitrogen and oxygen atoms in total. The molecular formula is C22H32O6P2. The maximum absolute atomic E-state index is 5.74. The molecule has 0 bridgehead atoms. The van der Waals surface area contributed by atoms with E-state index in [1.807, 2.05) is 27.7 Å². The largest absolute Gasteiger partial charge is 0.332 e. The molecule has 2 aromatic rings. The number of rotatable bonds is 15. The molecule has 0 unspecified atom stereocenters. The third kappa shape index (κ3) is 9.05. The zero-order chi connectivity index (χ0) is 21.6. The molecule has 0 aliphatic heterocycles. The number of hydrogen-bond acceptors (Lipinski definition) is 6. The van der Waals surface area contributed by atoms with Crippen molar-refractivity contribution < 1.29 is 27.1 Å². The van der Waals surface area contributed by atoms with Crippen LogP contribution in [0.4, 0.5) is 0 Å². The van der Waals surface area contributed by atoms with Crippen molar-refractivity contribution in [2.24, 2.45) is 0 Å². The van der Waals surface area contributed by atoms with E-state index < -0.39 is 17.2 Å². The third-order valence-corrected chi connectivity index (χ3v) is 6.41. The summed E-state index contributed by atoms with van der Waals surface area (Å²) >= 11 is 0. The molecule has 0 fully saturated rings. The summed E-state index contributed by atoms with van der Waals surface area (Å²) < 4.78 is 33.3. The summed E-state index contributed by atoms with van der Waals surface area (Å²) in [6, 6.07) is 16.6. The summed E-state index contributed by atoms with van der Waals surface area (Å²) in [5, 5.41) is 0. The Morgan fingerprint density at radius 3 is 1.03 bits per heavy atom. The Balaban J connectivity index is 1.88.